The highest BCUT2D eigenvalue weighted by Gasteiger charge is 2.34. The molecular formula is C26H28F2N4O4S. The van der Waals surface area contributed by atoms with Gasteiger partial charge in [-0.05, 0) is 36.0 Å². The molecule has 3 aromatic rings. The van der Waals surface area contributed by atoms with Crippen molar-refractivity contribution >= 4 is 15.7 Å². The van der Waals surface area contributed by atoms with Crippen LogP contribution in [-0.2, 0) is 15.8 Å². The Morgan fingerprint density at radius 1 is 1.03 bits per heavy atom. The van der Waals surface area contributed by atoms with Gasteiger partial charge >= 0.3 is 5.56 Å². The van der Waals surface area contributed by atoms with Crippen LogP contribution < -0.4 is 15.2 Å². The first-order chi connectivity index (χ1) is 17.7. The molecule has 1 aromatic heterocycles. The van der Waals surface area contributed by atoms with Gasteiger partial charge in [-0.25, -0.2) is 17.2 Å². The van der Waals surface area contributed by atoms with Gasteiger partial charge in [0, 0.05) is 32.2 Å². The molecule has 2 fully saturated rings. The number of aromatic nitrogens is 2. The third-order valence-electron chi connectivity index (χ3n) is 6.89. The molecule has 2 aliphatic rings. The lowest BCUT2D eigenvalue weighted by molar-refractivity contribution is 0.286. The summed E-state index contributed by atoms with van der Waals surface area (Å²) in [7, 11) is -3.51. The molecule has 2 unspecified atom stereocenters. The van der Waals surface area contributed by atoms with Gasteiger partial charge in [-0.1, -0.05) is 37.3 Å². The van der Waals surface area contributed by atoms with Gasteiger partial charge in [-0.2, -0.15) is 14.1 Å². The SMILES string of the molecule is CC1CC1COc1c(N2CCN(S(=O)(=O)Cc3ccccc3)CC2)cnn(-c2cc(F)cc(F)c2)c1=O. The van der Waals surface area contributed by atoms with Crippen LogP contribution in [-0.4, -0.2) is 55.3 Å². The van der Waals surface area contributed by atoms with E-state index in [-0.39, 0.29) is 30.3 Å². The fraction of sp³-hybridized carbons (Fsp3) is 0.385. The molecule has 5 rings (SSSR count). The maximum Gasteiger partial charge on any atom is 0.316 e. The first-order valence-electron chi connectivity index (χ1n) is 12.2. The van der Waals surface area contributed by atoms with Crippen molar-refractivity contribution in [2.45, 2.75) is 19.1 Å². The Kier molecular flexibility index (Phi) is 7.00. The third kappa shape index (κ3) is 5.67. The molecule has 0 amide bonds. The van der Waals surface area contributed by atoms with Gasteiger partial charge in [0.25, 0.3) is 0 Å². The topological polar surface area (TPSA) is 84.7 Å². The number of hydrogen-bond donors (Lipinski definition) is 0. The zero-order valence-corrected chi connectivity index (χ0v) is 21.2. The van der Waals surface area contributed by atoms with Crippen LogP contribution in [0.1, 0.15) is 18.9 Å². The quantitative estimate of drug-likeness (QED) is 0.445. The van der Waals surface area contributed by atoms with Gasteiger partial charge in [0.05, 0.1) is 24.2 Å². The number of anilines is 1. The van der Waals surface area contributed by atoms with E-state index in [1.807, 2.05) is 11.0 Å². The van der Waals surface area contributed by atoms with Crippen molar-refractivity contribution in [1.82, 2.24) is 14.1 Å². The molecule has 2 aromatic carbocycles. The Morgan fingerprint density at radius 3 is 2.30 bits per heavy atom. The number of ether oxygens (including phenoxy) is 1. The lowest BCUT2D eigenvalue weighted by Gasteiger charge is -2.35. The molecule has 2 atom stereocenters. The van der Waals surface area contributed by atoms with E-state index >= 15 is 0 Å². The summed E-state index contributed by atoms with van der Waals surface area (Å²) in [5.74, 6) is -0.850. The monoisotopic (exact) mass is 530 g/mol. The van der Waals surface area contributed by atoms with Crippen molar-refractivity contribution in [3.05, 3.63) is 82.3 Å². The van der Waals surface area contributed by atoms with Crippen LogP contribution >= 0.6 is 0 Å². The lowest BCUT2D eigenvalue weighted by atomic mass is 10.2. The molecule has 0 bridgehead atoms. The van der Waals surface area contributed by atoms with E-state index in [0.29, 0.717) is 37.2 Å². The van der Waals surface area contributed by atoms with Gasteiger partial charge in [-0.3, -0.25) is 4.79 Å². The summed E-state index contributed by atoms with van der Waals surface area (Å²) < 4.78 is 61.9. The number of rotatable bonds is 8. The maximum absolute atomic E-state index is 13.8. The summed E-state index contributed by atoms with van der Waals surface area (Å²) in [4.78, 5) is 15.3. The smallest absolute Gasteiger partial charge is 0.316 e. The second kappa shape index (κ2) is 10.2. The van der Waals surface area contributed by atoms with E-state index in [1.54, 1.807) is 24.3 Å². The Balaban J connectivity index is 1.38. The van der Waals surface area contributed by atoms with Crippen LogP contribution in [0.25, 0.3) is 5.69 Å². The van der Waals surface area contributed by atoms with E-state index in [1.165, 1.54) is 10.5 Å². The minimum absolute atomic E-state index is 0.0411. The molecule has 8 nitrogen and oxygen atoms in total. The largest absolute Gasteiger partial charge is 0.486 e. The fourth-order valence-corrected chi connectivity index (χ4v) is 6.06. The molecule has 0 radical (unpaired) electrons. The van der Waals surface area contributed by atoms with E-state index in [4.69, 9.17) is 4.74 Å². The highest BCUT2D eigenvalue weighted by atomic mass is 32.2. The van der Waals surface area contributed by atoms with Crippen molar-refractivity contribution in [2.75, 3.05) is 37.7 Å². The average molecular weight is 531 g/mol. The number of piperazine rings is 1. The van der Waals surface area contributed by atoms with Gasteiger partial charge < -0.3 is 9.64 Å². The second-order valence-electron chi connectivity index (χ2n) is 9.62. The number of halogens is 2. The fourth-order valence-electron chi connectivity index (χ4n) is 4.54. The zero-order chi connectivity index (χ0) is 26.2. The minimum Gasteiger partial charge on any atom is -0.486 e. The molecule has 0 N–H and O–H groups in total. The molecule has 11 heteroatoms. The molecule has 0 spiro atoms. The van der Waals surface area contributed by atoms with Crippen molar-refractivity contribution in [2.24, 2.45) is 11.8 Å². The first-order valence-corrected chi connectivity index (χ1v) is 13.8. The normalized spacial score (nSPS) is 20.1. The van der Waals surface area contributed by atoms with Crippen LogP contribution in [0.2, 0.25) is 0 Å². The highest BCUT2D eigenvalue weighted by Crippen LogP contribution is 2.38. The summed E-state index contributed by atoms with van der Waals surface area (Å²) in [5, 5.41) is 4.17. The predicted octanol–water partition coefficient (Wildman–Crippen LogP) is 3.20. The van der Waals surface area contributed by atoms with E-state index in [9.17, 15) is 22.0 Å². The van der Waals surface area contributed by atoms with Gasteiger partial charge in [0.1, 0.15) is 17.3 Å². The summed E-state index contributed by atoms with van der Waals surface area (Å²) >= 11 is 0. The van der Waals surface area contributed by atoms with Crippen molar-refractivity contribution in [3.8, 4) is 11.4 Å². The molecule has 1 saturated heterocycles. The molecule has 2 heterocycles. The van der Waals surface area contributed by atoms with Crippen molar-refractivity contribution < 1.29 is 21.9 Å². The molecular weight excluding hydrogens is 502 g/mol. The first kappa shape index (κ1) is 25.3. The van der Waals surface area contributed by atoms with Gasteiger partial charge in [0.2, 0.25) is 15.8 Å². The molecule has 1 aliphatic carbocycles. The number of hydrogen-bond acceptors (Lipinski definition) is 6. The van der Waals surface area contributed by atoms with Crippen LogP contribution in [0.5, 0.6) is 5.75 Å². The minimum atomic E-state index is -3.51. The lowest BCUT2D eigenvalue weighted by Crippen LogP contribution is -2.49. The Hall–Kier alpha value is -3.31. The Morgan fingerprint density at radius 2 is 1.68 bits per heavy atom. The van der Waals surface area contributed by atoms with Crippen LogP contribution in [0.15, 0.2) is 59.5 Å². The predicted molar refractivity (Wildman–Crippen MR) is 135 cm³/mol. The molecule has 196 valence electrons. The summed E-state index contributed by atoms with van der Waals surface area (Å²) in [5.41, 5.74) is 0.480. The van der Waals surface area contributed by atoms with E-state index < -0.39 is 27.2 Å². The van der Waals surface area contributed by atoms with E-state index in [2.05, 4.69) is 12.0 Å². The molecule has 1 saturated carbocycles. The standard InChI is InChI=1S/C26H28F2N4O4S/c1-18-11-20(18)16-36-25-24(15-29-32(26(25)33)23-13-21(27)12-22(28)14-23)30-7-9-31(10-8-30)37(34,35)17-19-5-3-2-4-6-19/h2-6,12-15,18,20H,7-11,16-17H2,1H3. The average Bonchev–Trinajstić information content (AvgIpc) is 3.57. The van der Waals surface area contributed by atoms with Crippen LogP contribution in [0.4, 0.5) is 14.5 Å². The van der Waals surface area contributed by atoms with Crippen molar-refractivity contribution in [1.29, 1.82) is 0 Å². The van der Waals surface area contributed by atoms with Crippen LogP contribution in [0.3, 0.4) is 0 Å². The second-order valence-corrected chi connectivity index (χ2v) is 11.6. The zero-order valence-electron chi connectivity index (χ0n) is 20.4. The van der Waals surface area contributed by atoms with Gasteiger partial charge in [-0.15, -0.1) is 0 Å². The van der Waals surface area contributed by atoms with E-state index in [0.717, 1.165) is 34.9 Å². The maximum atomic E-state index is 13.8. The Bertz CT molecular complexity index is 1420. The Labute approximate surface area is 214 Å². The molecule has 1 aliphatic heterocycles. The number of benzene rings is 2. The highest BCUT2D eigenvalue weighted by molar-refractivity contribution is 7.88. The molecule has 37 heavy (non-hydrogen) atoms. The summed E-state index contributed by atoms with van der Waals surface area (Å²) in [6, 6.07) is 11.8. The third-order valence-corrected chi connectivity index (χ3v) is 8.74. The number of nitrogens with zero attached hydrogens (tertiary/aromatic N) is 4. The summed E-state index contributed by atoms with van der Waals surface area (Å²) in [6.07, 6.45) is 2.44. The van der Waals surface area contributed by atoms with Crippen molar-refractivity contribution in [3.63, 3.8) is 0 Å². The number of sulfonamides is 1. The van der Waals surface area contributed by atoms with Gasteiger partial charge in [0.15, 0.2) is 0 Å². The van der Waals surface area contributed by atoms with Crippen LogP contribution in [0, 0.1) is 23.5 Å². The summed E-state index contributed by atoms with van der Waals surface area (Å²) in [6.45, 7) is 3.60.